The summed E-state index contributed by atoms with van der Waals surface area (Å²) in [5, 5.41) is 7.67. The molecule has 0 amide bonds. The third-order valence-electron chi connectivity index (χ3n) is 2.62. The van der Waals surface area contributed by atoms with E-state index in [1.165, 1.54) is 0 Å². The summed E-state index contributed by atoms with van der Waals surface area (Å²) in [7, 11) is 0. The van der Waals surface area contributed by atoms with Gasteiger partial charge in [-0.25, -0.2) is 4.98 Å². The number of nitrogens with zero attached hydrogens (tertiary/aromatic N) is 2. The summed E-state index contributed by atoms with van der Waals surface area (Å²) >= 11 is 0. The molecule has 0 radical (unpaired) electrons. The van der Waals surface area contributed by atoms with Crippen LogP contribution in [-0.4, -0.2) is 22.3 Å². The molecule has 0 bridgehead atoms. The molecule has 4 nitrogen and oxygen atoms in total. The first kappa shape index (κ1) is 9.24. The van der Waals surface area contributed by atoms with Crippen LogP contribution in [0.3, 0.4) is 0 Å². The second-order valence-corrected chi connectivity index (χ2v) is 3.72. The van der Waals surface area contributed by atoms with Gasteiger partial charge in [0, 0.05) is 13.0 Å². The summed E-state index contributed by atoms with van der Waals surface area (Å²) in [5.74, 6) is 2.32. The lowest BCUT2D eigenvalue weighted by atomic mass is 10.4. The summed E-state index contributed by atoms with van der Waals surface area (Å²) in [6.45, 7) is 5.46. The van der Waals surface area contributed by atoms with Crippen LogP contribution in [0.5, 0.6) is 0 Å². The van der Waals surface area contributed by atoms with Crippen molar-refractivity contribution in [3.8, 4) is 0 Å². The highest BCUT2D eigenvalue weighted by atomic mass is 16.4. The first-order chi connectivity index (χ1) is 6.66. The molecule has 0 unspecified atom stereocenters. The molecule has 1 aromatic rings. The number of likely N-dealkylation sites (tertiary alicyclic amines) is 1. The number of aromatic nitrogens is 1. The van der Waals surface area contributed by atoms with E-state index in [1.54, 1.807) is 0 Å². The maximum atomic E-state index is 7.67. The van der Waals surface area contributed by atoms with Crippen molar-refractivity contribution >= 4 is 5.84 Å². The predicted molar refractivity (Wildman–Crippen MR) is 53.3 cm³/mol. The lowest BCUT2D eigenvalue weighted by molar-refractivity contribution is 0.364. The minimum atomic E-state index is 0.646. The van der Waals surface area contributed by atoms with Gasteiger partial charge < -0.3 is 9.32 Å². The summed E-state index contributed by atoms with van der Waals surface area (Å²) in [6, 6.07) is 0. The first-order valence-corrected chi connectivity index (χ1v) is 4.92. The molecular formula is C10H15N3O. The Balaban J connectivity index is 2.07. The molecule has 76 valence electrons. The van der Waals surface area contributed by atoms with Gasteiger partial charge in [0.2, 0.25) is 5.89 Å². The van der Waals surface area contributed by atoms with Crippen LogP contribution in [0.25, 0.3) is 0 Å². The molecule has 0 aliphatic carbocycles. The number of nitrogens with one attached hydrogen (secondary N) is 1. The largest absolute Gasteiger partial charge is 0.444 e. The van der Waals surface area contributed by atoms with E-state index in [-0.39, 0.29) is 0 Å². The fourth-order valence-electron chi connectivity index (χ4n) is 1.67. The quantitative estimate of drug-likeness (QED) is 0.780. The topological polar surface area (TPSA) is 53.1 Å². The van der Waals surface area contributed by atoms with Crippen LogP contribution >= 0.6 is 0 Å². The zero-order valence-corrected chi connectivity index (χ0v) is 8.63. The molecule has 4 heteroatoms. The van der Waals surface area contributed by atoms with Crippen molar-refractivity contribution in [1.29, 1.82) is 5.41 Å². The molecule has 1 aliphatic rings. The number of hydrogen-bond donors (Lipinski definition) is 1. The SMILES string of the molecule is Cc1nc(CN2CCCC2=N)oc1C. The molecule has 1 N–H and O–H groups in total. The summed E-state index contributed by atoms with van der Waals surface area (Å²) in [4.78, 5) is 6.32. The molecule has 1 saturated heterocycles. The molecule has 2 rings (SSSR count). The maximum absolute atomic E-state index is 7.67. The zero-order chi connectivity index (χ0) is 10.1. The van der Waals surface area contributed by atoms with Crippen molar-refractivity contribution in [3.63, 3.8) is 0 Å². The van der Waals surface area contributed by atoms with Crippen LogP contribution in [0.2, 0.25) is 0 Å². The molecule has 1 fully saturated rings. The molecule has 1 aliphatic heterocycles. The average molecular weight is 193 g/mol. The number of rotatable bonds is 2. The summed E-state index contributed by atoms with van der Waals surface area (Å²) < 4.78 is 5.48. The van der Waals surface area contributed by atoms with Crippen molar-refractivity contribution in [2.24, 2.45) is 0 Å². The van der Waals surface area contributed by atoms with Crippen LogP contribution in [0.15, 0.2) is 4.42 Å². The highest BCUT2D eigenvalue weighted by Gasteiger charge is 2.19. The van der Waals surface area contributed by atoms with Gasteiger partial charge in [0.05, 0.1) is 18.1 Å². The second kappa shape index (κ2) is 3.44. The van der Waals surface area contributed by atoms with Gasteiger partial charge >= 0.3 is 0 Å². The van der Waals surface area contributed by atoms with Crippen molar-refractivity contribution < 1.29 is 4.42 Å². The van der Waals surface area contributed by atoms with E-state index >= 15 is 0 Å². The van der Waals surface area contributed by atoms with Gasteiger partial charge in [-0.2, -0.15) is 0 Å². The van der Waals surface area contributed by atoms with Crippen molar-refractivity contribution in [3.05, 3.63) is 17.3 Å². The van der Waals surface area contributed by atoms with E-state index in [1.807, 2.05) is 18.7 Å². The van der Waals surface area contributed by atoms with Gasteiger partial charge in [-0.1, -0.05) is 0 Å². The van der Waals surface area contributed by atoms with Crippen LogP contribution in [0.4, 0.5) is 0 Å². The Hall–Kier alpha value is -1.32. The van der Waals surface area contributed by atoms with Gasteiger partial charge in [-0.3, -0.25) is 5.41 Å². The number of hydrogen-bond acceptors (Lipinski definition) is 3. The van der Waals surface area contributed by atoms with Crippen LogP contribution in [-0.2, 0) is 6.54 Å². The Morgan fingerprint density at radius 3 is 2.79 bits per heavy atom. The fraction of sp³-hybridized carbons (Fsp3) is 0.600. The smallest absolute Gasteiger partial charge is 0.214 e. The van der Waals surface area contributed by atoms with Gasteiger partial charge in [-0.05, 0) is 20.3 Å². The Labute approximate surface area is 83.4 Å². The third kappa shape index (κ3) is 1.64. The molecule has 0 aromatic carbocycles. The van der Waals surface area contributed by atoms with E-state index in [2.05, 4.69) is 4.98 Å². The number of aryl methyl sites for hydroxylation is 2. The normalized spacial score (nSPS) is 16.7. The van der Waals surface area contributed by atoms with Crippen LogP contribution in [0, 0.1) is 19.3 Å². The monoisotopic (exact) mass is 193 g/mol. The standard InChI is InChI=1S/C10H15N3O/c1-7-8(2)14-10(12-7)6-13-5-3-4-9(13)11/h11H,3-6H2,1-2H3. The molecule has 14 heavy (non-hydrogen) atoms. The molecule has 0 saturated carbocycles. The van der Waals surface area contributed by atoms with Gasteiger partial charge in [0.15, 0.2) is 0 Å². The van der Waals surface area contributed by atoms with Crippen molar-refractivity contribution in [2.75, 3.05) is 6.54 Å². The molecule has 2 heterocycles. The van der Waals surface area contributed by atoms with E-state index in [9.17, 15) is 0 Å². The van der Waals surface area contributed by atoms with E-state index in [0.717, 1.165) is 36.7 Å². The van der Waals surface area contributed by atoms with E-state index < -0.39 is 0 Å². The Morgan fingerprint density at radius 2 is 2.29 bits per heavy atom. The van der Waals surface area contributed by atoms with Crippen LogP contribution < -0.4 is 0 Å². The fourth-order valence-corrected chi connectivity index (χ4v) is 1.67. The van der Waals surface area contributed by atoms with E-state index in [0.29, 0.717) is 12.4 Å². The Kier molecular flexibility index (Phi) is 2.27. The van der Waals surface area contributed by atoms with E-state index in [4.69, 9.17) is 9.83 Å². The predicted octanol–water partition coefficient (Wildman–Crippen LogP) is 1.86. The summed E-state index contributed by atoms with van der Waals surface area (Å²) in [5.41, 5.74) is 0.950. The zero-order valence-electron chi connectivity index (χ0n) is 8.63. The molecule has 1 aromatic heterocycles. The minimum Gasteiger partial charge on any atom is -0.444 e. The maximum Gasteiger partial charge on any atom is 0.214 e. The Morgan fingerprint density at radius 1 is 1.50 bits per heavy atom. The molecular weight excluding hydrogens is 178 g/mol. The average Bonchev–Trinajstić information content (AvgIpc) is 2.63. The highest BCUT2D eigenvalue weighted by Crippen LogP contribution is 2.15. The lowest BCUT2D eigenvalue weighted by Crippen LogP contribution is -2.23. The first-order valence-electron chi connectivity index (χ1n) is 4.92. The summed E-state index contributed by atoms with van der Waals surface area (Å²) in [6.07, 6.45) is 1.97. The number of oxazole rings is 1. The lowest BCUT2D eigenvalue weighted by Gasteiger charge is -2.14. The molecule has 0 atom stereocenters. The molecule has 0 spiro atoms. The van der Waals surface area contributed by atoms with Gasteiger partial charge in [-0.15, -0.1) is 0 Å². The van der Waals surface area contributed by atoms with Gasteiger partial charge in [0.25, 0.3) is 0 Å². The number of amidine groups is 1. The van der Waals surface area contributed by atoms with Gasteiger partial charge in [0.1, 0.15) is 5.76 Å². The minimum absolute atomic E-state index is 0.646. The van der Waals surface area contributed by atoms with Crippen molar-refractivity contribution in [1.82, 2.24) is 9.88 Å². The highest BCUT2D eigenvalue weighted by molar-refractivity contribution is 5.80. The third-order valence-corrected chi connectivity index (χ3v) is 2.62. The van der Waals surface area contributed by atoms with Crippen LogP contribution in [0.1, 0.15) is 30.2 Å². The Bertz CT molecular complexity index is 337. The second-order valence-electron chi connectivity index (χ2n) is 3.72. The van der Waals surface area contributed by atoms with Crippen molar-refractivity contribution in [2.45, 2.75) is 33.2 Å².